The SMILES string of the molecule is CCOCc1ccc(OCC2CC2)c(CC(N)CC)c1. The number of hydrogen-bond donors (Lipinski definition) is 1. The van der Waals surface area contributed by atoms with Gasteiger partial charge >= 0.3 is 0 Å². The Balaban J connectivity index is 2.05. The van der Waals surface area contributed by atoms with Crippen molar-refractivity contribution in [3.05, 3.63) is 29.3 Å². The third kappa shape index (κ3) is 4.80. The second-order valence-corrected chi connectivity index (χ2v) is 5.71. The van der Waals surface area contributed by atoms with E-state index < -0.39 is 0 Å². The summed E-state index contributed by atoms with van der Waals surface area (Å²) in [6, 6.07) is 6.56. The fourth-order valence-electron chi connectivity index (χ4n) is 2.16. The molecule has 0 aromatic heterocycles. The first kappa shape index (κ1) is 15.3. The molecule has 0 saturated heterocycles. The molecular weight excluding hydrogens is 250 g/mol. The molecule has 1 fully saturated rings. The van der Waals surface area contributed by atoms with Crippen LogP contribution in [0.5, 0.6) is 5.75 Å². The third-order valence-electron chi connectivity index (χ3n) is 3.78. The van der Waals surface area contributed by atoms with Gasteiger partial charge in [-0.2, -0.15) is 0 Å². The summed E-state index contributed by atoms with van der Waals surface area (Å²) < 4.78 is 11.5. The smallest absolute Gasteiger partial charge is 0.122 e. The second kappa shape index (κ2) is 7.65. The van der Waals surface area contributed by atoms with Crippen LogP contribution in [0.2, 0.25) is 0 Å². The molecule has 2 N–H and O–H groups in total. The van der Waals surface area contributed by atoms with Crippen molar-refractivity contribution in [1.29, 1.82) is 0 Å². The van der Waals surface area contributed by atoms with Crippen molar-refractivity contribution >= 4 is 0 Å². The standard InChI is InChI=1S/C17H27NO2/c1-3-16(18)10-15-9-14(11-19-4-2)7-8-17(15)20-12-13-5-6-13/h7-9,13,16H,3-6,10-12,18H2,1-2H3. The number of rotatable bonds is 9. The number of ether oxygens (including phenoxy) is 2. The average molecular weight is 277 g/mol. The Morgan fingerprint density at radius 3 is 2.75 bits per heavy atom. The van der Waals surface area contributed by atoms with Crippen molar-refractivity contribution in [3.8, 4) is 5.75 Å². The Hall–Kier alpha value is -1.06. The normalized spacial score (nSPS) is 16.1. The lowest BCUT2D eigenvalue weighted by molar-refractivity contribution is 0.134. The van der Waals surface area contributed by atoms with Crippen LogP contribution in [-0.4, -0.2) is 19.3 Å². The van der Waals surface area contributed by atoms with E-state index in [9.17, 15) is 0 Å². The lowest BCUT2D eigenvalue weighted by Gasteiger charge is -2.16. The van der Waals surface area contributed by atoms with Crippen molar-refractivity contribution in [1.82, 2.24) is 0 Å². The first-order chi connectivity index (χ1) is 9.72. The van der Waals surface area contributed by atoms with Gasteiger partial charge in [0.2, 0.25) is 0 Å². The van der Waals surface area contributed by atoms with Crippen LogP contribution in [0.4, 0.5) is 0 Å². The van der Waals surface area contributed by atoms with Gasteiger partial charge in [-0.05, 0) is 61.8 Å². The molecule has 1 atom stereocenters. The zero-order valence-corrected chi connectivity index (χ0v) is 12.7. The van der Waals surface area contributed by atoms with E-state index in [0.29, 0.717) is 6.61 Å². The molecule has 0 heterocycles. The minimum atomic E-state index is 0.195. The maximum atomic E-state index is 6.11. The van der Waals surface area contributed by atoms with Crippen molar-refractivity contribution in [3.63, 3.8) is 0 Å². The molecule has 1 aromatic rings. The van der Waals surface area contributed by atoms with E-state index in [0.717, 1.165) is 37.7 Å². The summed E-state index contributed by atoms with van der Waals surface area (Å²) in [5.41, 5.74) is 8.52. The molecular formula is C17H27NO2. The van der Waals surface area contributed by atoms with Crippen molar-refractivity contribution in [2.75, 3.05) is 13.2 Å². The fourth-order valence-corrected chi connectivity index (χ4v) is 2.16. The van der Waals surface area contributed by atoms with Gasteiger partial charge < -0.3 is 15.2 Å². The van der Waals surface area contributed by atoms with Gasteiger partial charge in [0.05, 0.1) is 13.2 Å². The molecule has 1 aliphatic rings. The van der Waals surface area contributed by atoms with E-state index in [1.165, 1.54) is 24.0 Å². The molecule has 0 amide bonds. The zero-order chi connectivity index (χ0) is 14.4. The largest absolute Gasteiger partial charge is 0.493 e. The van der Waals surface area contributed by atoms with Crippen molar-refractivity contribution < 1.29 is 9.47 Å². The third-order valence-corrected chi connectivity index (χ3v) is 3.78. The zero-order valence-electron chi connectivity index (χ0n) is 12.7. The lowest BCUT2D eigenvalue weighted by Crippen LogP contribution is -2.22. The molecule has 1 saturated carbocycles. The van der Waals surface area contributed by atoms with Crippen LogP contribution in [-0.2, 0) is 17.8 Å². The highest BCUT2D eigenvalue weighted by Crippen LogP contribution is 2.31. The minimum absolute atomic E-state index is 0.195. The predicted octanol–water partition coefficient (Wildman–Crippen LogP) is 3.29. The van der Waals surface area contributed by atoms with E-state index in [1.54, 1.807) is 0 Å². The maximum absolute atomic E-state index is 6.11. The topological polar surface area (TPSA) is 44.5 Å². The molecule has 0 bridgehead atoms. The Morgan fingerprint density at radius 2 is 2.10 bits per heavy atom. The van der Waals surface area contributed by atoms with Gasteiger partial charge in [0.1, 0.15) is 5.75 Å². The first-order valence-corrected chi connectivity index (χ1v) is 7.80. The Morgan fingerprint density at radius 1 is 1.30 bits per heavy atom. The highest BCUT2D eigenvalue weighted by Gasteiger charge is 2.22. The average Bonchev–Trinajstić information content (AvgIpc) is 3.28. The van der Waals surface area contributed by atoms with Gasteiger partial charge in [0.25, 0.3) is 0 Å². The van der Waals surface area contributed by atoms with Crippen LogP contribution >= 0.6 is 0 Å². The van der Waals surface area contributed by atoms with Crippen molar-refractivity contribution in [2.45, 2.75) is 52.2 Å². The van der Waals surface area contributed by atoms with Crippen LogP contribution in [0.25, 0.3) is 0 Å². The predicted molar refractivity (Wildman–Crippen MR) is 82.0 cm³/mol. The summed E-state index contributed by atoms with van der Waals surface area (Å²) in [7, 11) is 0. The van der Waals surface area contributed by atoms with E-state index in [2.05, 4.69) is 25.1 Å². The quantitative estimate of drug-likeness (QED) is 0.753. The molecule has 2 rings (SSSR count). The molecule has 3 heteroatoms. The van der Waals surface area contributed by atoms with Crippen LogP contribution in [0.1, 0.15) is 44.2 Å². The Bertz CT molecular complexity index is 415. The second-order valence-electron chi connectivity index (χ2n) is 5.71. The van der Waals surface area contributed by atoms with Crippen LogP contribution in [0, 0.1) is 5.92 Å². The summed E-state index contributed by atoms with van der Waals surface area (Å²) in [6.45, 7) is 6.39. The monoisotopic (exact) mass is 277 g/mol. The number of benzene rings is 1. The molecule has 0 aliphatic heterocycles. The molecule has 112 valence electrons. The van der Waals surface area contributed by atoms with E-state index in [1.807, 2.05) is 6.92 Å². The van der Waals surface area contributed by atoms with Gasteiger partial charge in [0.15, 0.2) is 0 Å². The number of nitrogens with two attached hydrogens (primary N) is 1. The first-order valence-electron chi connectivity index (χ1n) is 7.80. The highest BCUT2D eigenvalue weighted by molar-refractivity contribution is 5.38. The summed E-state index contributed by atoms with van der Waals surface area (Å²) in [4.78, 5) is 0. The molecule has 1 aromatic carbocycles. The van der Waals surface area contributed by atoms with Crippen LogP contribution in [0.15, 0.2) is 18.2 Å². The number of hydrogen-bond acceptors (Lipinski definition) is 3. The van der Waals surface area contributed by atoms with Gasteiger partial charge in [-0.25, -0.2) is 0 Å². The summed E-state index contributed by atoms with van der Waals surface area (Å²) >= 11 is 0. The molecule has 1 aliphatic carbocycles. The maximum Gasteiger partial charge on any atom is 0.122 e. The van der Waals surface area contributed by atoms with Gasteiger partial charge in [-0.3, -0.25) is 0 Å². The molecule has 3 nitrogen and oxygen atoms in total. The molecule has 0 spiro atoms. The van der Waals surface area contributed by atoms with E-state index in [-0.39, 0.29) is 6.04 Å². The minimum Gasteiger partial charge on any atom is -0.493 e. The molecule has 0 radical (unpaired) electrons. The Labute approximate surface area is 122 Å². The van der Waals surface area contributed by atoms with Crippen LogP contribution in [0.3, 0.4) is 0 Å². The summed E-state index contributed by atoms with van der Waals surface area (Å²) in [6.07, 6.45) is 4.48. The Kier molecular flexibility index (Phi) is 5.86. The summed E-state index contributed by atoms with van der Waals surface area (Å²) in [5, 5.41) is 0. The van der Waals surface area contributed by atoms with Crippen LogP contribution < -0.4 is 10.5 Å². The van der Waals surface area contributed by atoms with E-state index >= 15 is 0 Å². The van der Waals surface area contributed by atoms with Crippen molar-refractivity contribution in [2.24, 2.45) is 11.7 Å². The highest BCUT2D eigenvalue weighted by atomic mass is 16.5. The summed E-state index contributed by atoms with van der Waals surface area (Å²) in [5.74, 6) is 1.77. The lowest BCUT2D eigenvalue weighted by atomic mass is 10.0. The molecule has 1 unspecified atom stereocenters. The van der Waals surface area contributed by atoms with Gasteiger partial charge in [0, 0.05) is 12.6 Å². The fraction of sp³-hybridized carbons (Fsp3) is 0.647. The van der Waals surface area contributed by atoms with Gasteiger partial charge in [-0.1, -0.05) is 13.0 Å². The van der Waals surface area contributed by atoms with Gasteiger partial charge in [-0.15, -0.1) is 0 Å². The molecule has 20 heavy (non-hydrogen) atoms. The van der Waals surface area contributed by atoms with E-state index in [4.69, 9.17) is 15.2 Å².